The summed E-state index contributed by atoms with van der Waals surface area (Å²) >= 11 is 0. The van der Waals surface area contributed by atoms with Crippen molar-refractivity contribution in [1.29, 1.82) is 0 Å². The van der Waals surface area contributed by atoms with E-state index in [2.05, 4.69) is 10.6 Å². The highest BCUT2D eigenvalue weighted by atomic mass is 16.5. The van der Waals surface area contributed by atoms with Crippen molar-refractivity contribution < 1.29 is 19.1 Å². The van der Waals surface area contributed by atoms with E-state index in [0.29, 0.717) is 23.5 Å². The van der Waals surface area contributed by atoms with Gasteiger partial charge >= 0.3 is 5.97 Å². The Labute approximate surface area is 158 Å². The first-order chi connectivity index (χ1) is 13.0. The molecule has 6 heteroatoms. The van der Waals surface area contributed by atoms with Gasteiger partial charge in [-0.15, -0.1) is 0 Å². The molecule has 0 heterocycles. The molecule has 2 N–H and O–H groups in total. The second-order valence-electron chi connectivity index (χ2n) is 5.80. The topological polar surface area (TPSA) is 84.5 Å². The first kappa shape index (κ1) is 19.9. The molecule has 27 heavy (non-hydrogen) atoms. The second kappa shape index (κ2) is 9.91. The maximum absolute atomic E-state index is 12.4. The van der Waals surface area contributed by atoms with Crippen LogP contribution in [-0.2, 0) is 16.1 Å². The van der Waals surface area contributed by atoms with Gasteiger partial charge < -0.3 is 15.4 Å². The molecule has 2 amide bonds. The van der Waals surface area contributed by atoms with Gasteiger partial charge in [-0.2, -0.15) is 0 Å². The fourth-order valence-corrected chi connectivity index (χ4v) is 2.30. The molecular weight excluding hydrogens is 344 g/mol. The van der Waals surface area contributed by atoms with Gasteiger partial charge in [0.25, 0.3) is 5.91 Å². The number of anilines is 1. The molecule has 0 radical (unpaired) electrons. The van der Waals surface area contributed by atoms with Crippen LogP contribution in [0.3, 0.4) is 0 Å². The second-order valence-corrected chi connectivity index (χ2v) is 5.80. The Bertz CT molecular complexity index is 859. The van der Waals surface area contributed by atoms with E-state index in [1.165, 1.54) is 19.1 Å². The molecule has 0 aliphatic carbocycles. The summed E-state index contributed by atoms with van der Waals surface area (Å²) in [5.74, 6) is -0.618. The van der Waals surface area contributed by atoms with E-state index >= 15 is 0 Å². The minimum atomic E-state index is -0.448. The number of allylic oxidation sites excluding steroid dienone is 1. The molecule has 2 rings (SSSR count). The van der Waals surface area contributed by atoms with Gasteiger partial charge in [0.1, 0.15) is 5.75 Å². The largest absolute Gasteiger partial charge is 0.427 e. The van der Waals surface area contributed by atoms with Crippen LogP contribution in [0.25, 0.3) is 0 Å². The third-order valence-electron chi connectivity index (χ3n) is 3.51. The molecule has 0 saturated carbocycles. The lowest BCUT2D eigenvalue weighted by molar-refractivity contribution is -0.131. The maximum Gasteiger partial charge on any atom is 0.308 e. The van der Waals surface area contributed by atoms with E-state index in [4.69, 9.17) is 4.74 Å². The van der Waals surface area contributed by atoms with Crippen LogP contribution in [0, 0.1) is 0 Å². The van der Waals surface area contributed by atoms with Crippen LogP contribution in [0.1, 0.15) is 36.2 Å². The molecule has 2 aromatic carbocycles. The number of hydrogen-bond donors (Lipinski definition) is 2. The molecule has 0 spiro atoms. The number of benzene rings is 2. The van der Waals surface area contributed by atoms with Gasteiger partial charge in [0.05, 0.1) is 0 Å². The van der Waals surface area contributed by atoms with Crippen molar-refractivity contribution in [3.05, 3.63) is 71.8 Å². The predicted octanol–water partition coefficient (Wildman–Crippen LogP) is 3.45. The number of rotatable bonds is 7. The van der Waals surface area contributed by atoms with Crippen molar-refractivity contribution in [3.8, 4) is 5.75 Å². The number of carbonyl (C=O) groups is 3. The Morgan fingerprint density at radius 2 is 1.85 bits per heavy atom. The summed E-state index contributed by atoms with van der Waals surface area (Å²) in [4.78, 5) is 35.1. The molecular formula is C21H22N2O4. The molecule has 0 atom stereocenters. The minimum absolute atomic E-state index is 0.159. The van der Waals surface area contributed by atoms with Crippen molar-refractivity contribution >= 4 is 23.5 Å². The fourth-order valence-electron chi connectivity index (χ4n) is 2.30. The zero-order valence-electron chi connectivity index (χ0n) is 15.3. The lowest BCUT2D eigenvalue weighted by Crippen LogP contribution is -2.20. The van der Waals surface area contributed by atoms with Crippen molar-refractivity contribution in [2.75, 3.05) is 5.32 Å². The van der Waals surface area contributed by atoms with Crippen molar-refractivity contribution in [3.63, 3.8) is 0 Å². The number of amides is 2. The summed E-state index contributed by atoms with van der Waals surface area (Å²) in [5, 5.41) is 5.58. The Morgan fingerprint density at radius 1 is 1.07 bits per heavy atom. The average Bonchev–Trinajstić information content (AvgIpc) is 2.64. The zero-order valence-corrected chi connectivity index (χ0v) is 15.3. The van der Waals surface area contributed by atoms with Crippen LogP contribution in [-0.4, -0.2) is 17.8 Å². The first-order valence-corrected chi connectivity index (χ1v) is 8.61. The molecule has 6 nitrogen and oxygen atoms in total. The fraction of sp³-hybridized carbons (Fsp3) is 0.190. The monoisotopic (exact) mass is 366 g/mol. The van der Waals surface area contributed by atoms with Crippen LogP contribution >= 0.6 is 0 Å². The summed E-state index contributed by atoms with van der Waals surface area (Å²) in [6.45, 7) is 3.62. The summed E-state index contributed by atoms with van der Waals surface area (Å²) in [6, 6.07) is 13.6. The zero-order chi connectivity index (χ0) is 19.6. The molecule has 0 aliphatic rings. The average molecular weight is 366 g/mol. The maximum atomic E-state index is 12.4. The normalized spacial score (nSPS) is 10.4. The van der Waals surface area contributed by atoms with Crippen molar-refractivity contribution in [2.45, 2.75) is 26.8 Å². The van der Waals surface area contributed by atoms with Crippen LogP contribution < -0.4 is 15.4 Å². The van der Waals surface area contributed by atoms with Crippen LogP contribution in [0.15, 0.2) is 60.7 Å². The summed E-state index contributed by atoms with van der Waals surface area (Å²) in [7, 11) is 0. The predicted molar refractivity (Wildman–Crippen MR) is 103 cm³/mol. The SMILES string of the molecule is CC/C=C/C(=O)NCc1cccc(NC(=O)c2cccc(OC(C)=O)c2)c1. The smallest absolute Gasteiger partial charge is 0.308 e. The summed E-state index contributed by atoms with van der Waals surface area (Å²) < 4.78 is 4.99. The number of esters is 1. The van der Waals surface area contributed by atoms with Crippen LogP contribution in [0.5, 0.6) is 5.75 Å². The molecule has 0 unspecified atom stereocenters. The van der Waals surface area contributed by atoms with E-state index in [0.717, 1.165) is 12.0 Å². The quantitative estimate of drug-likeness (QED) is 0.447. The number of ether oxygens (including phenoxy) is 1. The number of nitrogens with one attached hydrogen (secondary N) is 2. The van der Waals surface area contributed by atoms with Gasteiger partial charge in [0, 0.05) is 24.7 Å². The van der Waals surface area contributed by atoms with E-state index in [-0.39, 0.29) is 11.8 Å². The molecule has 0 aliphatic heterocycles. The highest BCUT2D eigenvalue weighted by molar-refractivity contribution is 6.04. The van der Waals surface area contributed by atoms with Crippen LogP contribution in [0.2, 0.25) is 0 Å². The van der Waals surface area contributed by atoms with Crippen molar-refractivity contribution in [1.82, 2.24) is 5.32 Å². The molecule has 0 saturated heterocycles. The Hall–Kier alpha value is -3.41. The van der Waals surface area contributed by atoms with Gasteiger partial charge in [-0.05, 0) is 48.4 Å². The molecule has 0 aromatic heterocycles. The molecule has 0 bridgehead atoms. The molecule has 0 fully saturated rings. The van der Waals surface area contributed by atoms with Gasteiger partial charge in [0.15, 0.2) is 0 Å². The van der Waals surface area contributed by atoms with Gasteiger partial charge in [-0.1, -0.05) is 31.2 Å². The van der Waals surface area contributed by atoms with E-state index in [1.807, 2.05) is 13.0 Å². The van der Waals surface area contributed by atoms with Crippen LogP contribution in [0.4, 0.5) is 5.69 Å². The van der Waals surface area contributed by atoms with Gasteiger partial charge in [-0.25, -0.2) is 0 Å². The summed E-state index contributed by atoms with van der Waals surface area (Å²) in [6.07, 6.45) is 4.09. The number of hydrogen-bond acceptors (Lipinski definition) is 4. The van der Waals surface area contributed by atoms with E-state index < -0.39 is 5.97 Å². The third-order valence-corrected chi connectivity index (χ3v) is 3.51. The Kier molecular flexibility index (Phi) is 7.31. The third kappa shape index (κ3) is 6.78. The van der Waals surface area contributed by atoms with Crippen molar-refractivity contribution in [2.24, 2.45) is 0 Å². The Morgan fingerprint density at radius 3 is 2.59 bits per heavy atom. The lowest BCUT2D eigenvalue weighted by Gasteiger charge is -2.09. The number of carbonyl (C=O) groups excluding carboxylic acids is 3. The van der Waals surface area contributed by atoms with Gasteiger partial charge in [-0.3, -0.25) is 14.4 Å². The standard InChI is InChI=1S/C21H22N2O4/c1-3-4-11-20(25)22-14-16-7-5-9-18(12-16)23-21(26)17-8-6-10-19(13-17)27-15(2)24/h4-13H,3,14H2,1-2H3,(H,22,25)(H,23,26)/b11-4+. The molecule has 2 aromatic rings. The molecule has 140 valence electrons. The highest BCUT2D eigenvalue weighted by Crippen LogP contribution is 2.16. The summed E-state index contributed by atoms with van der Waals surface area (Å²) in [5.41, 5.74) is 1.84. The van der Waals surface area contributed by atoms with Gasteiger partial charge in [0.2, 0.25) is 5.91 Å². The van der Waals surface area contributed by atoms with E-state index in [9.17, 15) is 14.4 Å². The van der Waals surface area contributed by atoms with E-state index in [1.54, 1.807) is 42.5 Å². The highest BCUT2D eigenvalue weighted by Gasteiger charge is 2.09. The first-order valence-electron chi connectivity index (χ1n) is 8.61. The minimum Gasteiger partial charge on any atom is -0.427 e. The lowest BCUT2D eigenvalue weighted by atomic mass is 10.1. The Balaban J connectivity index is 2.01.